The van der Waals surface area contributed by atoms with Crippen LogP contribution in [0, 0.1) is 5.41 Å². The average molecular weight is 323 g/mol. The summed E-state index contributed by atoms with van der Waals surface area (Å²) in [6.45, 7) is 1.35. The van der Waals surface area contributed by atoms with Crippen LogP contribution in [0.4, 0.5) is 0 Å². The normalized spacial score (nSPS) is 25.2. The van der Waals surface area contributed by atoms with Gasteiger partial charge in [0.15, 0.2) is 5.78 Å². The van der Waals surface area contributed by atoms with Crippen LogP contribution < -0.4 is 5.32 Å². The fraction of sp³-hybridized carbons (Fsp3) is 0.211. The minimum absolute atomic E-state index is 0.124. The highest BCUT2D eigenvalue weighted by molar-refractivity contribution is 6.11. The summed E-state index contributed by atoms with van der Waals surface area (Å²) in [5.41, 5.74) is 1.30. The molecular weight excluding hydrogens is 306 g/mol. The van der Waals surface area contributed by atoms with Crippen LogP contribution in [0.15, 0.2) is 60.3 Å². The molecule has 0 heterocycles. The lowest BCUT2D eigenvalue weighted by Gasteiger charge is -2.29. The first kappa shape index (κ1) is 15.9. The third-order valence-corrected chi connectivity index (χ3v) is 4.18. The minimum Gasteiger partial charge on any atom is -0.454 e. The molecule has 5 heteroatoms. The molecule has 1 spiro atoms. The molecule has 1 aromatic rings. The molecule has 0 aliphatic heterocycles. The Balaban J connectivity index is 2.05. The summed E-state index contributed by atoms with van der Waals surface area (Å²) in [5, 5.41) is 2.55. The molecule has 122 valence electrons. The lowest BCUT2D eigenvalue weighted by atomic mass is 9.75. The number of carbonyl (C=O) groups excluding carboxylic acids is 3. The molecule has 24 heavy (non-hydrogen) atoms. The fourth-order valence-electron chi connectivity index (χ4n) is 3.25. The van der Waals surface area contributed by atoms with E-state index in [1.807, 2.05) is 42.5 Å². The molecule has 0 fully saturated rings. The number of ketones is 1. The molecule has 2 aliphatic carbocycles. The molecule has 1 amide bonds. The van der Waals surface area contributed by atoms with E-state index in [1.54, 1.807) is 12.2 Å². The lowest BCUT2D eigenvalue weighted by molar-refractivity contribution is -0.142. The van der Waals surface area contributed by atoms with Gasteiger partial charge in [-0.15, -0.1) is 0 Å². The summed E-state index contributed by atoms with van der Waals surface area (Å²) in [6.07, 6.45) is 7.59. The van der Waals surface area contributed by atoms with E-state index >= 15 is 0 Å². The van der Waals surface area contributed by atoms with Crippen molar-refractivity contribution in [3.05, 3.63) is 65.9 Å². The van der Waals surface area contributed by atoms with Crippen LogP contribution in [0.3, 0.4) is 0 Å². The zero-order chi connectivity index (χ0) is 17.2. The maximum atomic E-state index is 12.4. The molecule has 0 radical (unpaired) electrons. The number of hydrogen-bond donors (Lipinski definition) is 1. The summed E-state index contributed by atoms with van der Waals surface area (Å²) < 4.78 is 5.15. The van der Waals surface area contributed by atoms with Crippen LogP contribution >= 0.6 is 0 Å². The van der Waals surface area contributed by atoms with Crippen molar-refractivity contribution in [2.75, 3.05) is 0 Å². The van der Waals surface area contributed by atoms with Crippen LogP contribution in [0.5, 0.6) is 0 Å². The second-order valence-electron chi connectivity index (χ2n) is 5.81. The summed E-state index contributed by atoms with van der Waals surface area (Å²) in [4.78, 5) is 34.5. The number of rotatable bonds is 4. The summed E-state index contributed by atoms with van der Waals surface area (Å²) in [6, 6.07) is 9.47. The van der Waals surface area contributed by atoms with Crippen LogP contribution in [0.1, 0.15) is 18.9 Å². The smallest absolute Gasteiger partial charge is 0.303 e. The molecule has 3 rings (SSSR count). The maximum absolute atomic E-state index is 12.4. The summed E-state index contributed by atoms with van der Waals surface area (Å²) in [7, 11) is 0. The van der Waals surface area contributed by atoms with E-state index in [4.69, 9.17) is 4.74 Å². The first-order valence-electron chi connectivity index (χ1n) is 7.65. The van der Waals surface area contributed by atoms with Gasteiger partial charge < -0.3 is 10.1 Å². The van der Waals surface area contributed by atoms with Crippen molar-refractivity contribution in [2.45, 2.75) is 19.4 Å². The van der Waals surface area contributed by atoms with Crippen LogP contribution in [-0.2, 0) is 19.1 Å². The van der Waals surface area contributed by atoms with Crippen molar-refractivity contribution >= 4 is 23.7 Å². The van der Waals surface area contributed by atoms with Crippen molar-refractivity contribution in [3.63, 3.8) is 0 Å². The number of hydrogen-bond acceptors (Lipinski definition) is 4. The topological polar surface area (TPSA) is 72.5 Å². The van der Waals surface area contributed by atoms with Crippen molar-refractivity contribution in [1.82, 2.24) is 5.32 Å². The molecule has 5 nitrogen and oxygen atoms in total. The predicted molar refractivity (Wildman–Crippen MR) is 88.5 cm³/mol. The highest BCUT2D eigenvalue weighted by Gasteiger charge is 2.44. The number of esters is 1. The van der Waals surface area contributed by atoms with Crippen LogP contribution in [0.2, 0.25) is 0 Å². The lowest BCUT2D eigenvalue weighted by Crippen LogP contribution is -2.22. The van der Waals surface area contributed by atoms with Gasteiger partial charge in [-0.25, -0.2) is 0 Å². The minimum atomic E-state index is -0.638. The van der Waals surface area contributed by atoms with Gasteiger partial charge in [0, 0.05) is 24.3 Å². The van der Waals surface area contributed by atoms with Gasteiger partial charge in [0.1, 0.15) is 6.10 Å². The van der Waals surface area contributed by atoms with E-state index < -0.39 is 11.5 Å². The van der Waals surface area contributed by atoms with Crippen LogP contribution in [0.25, 0.3) is 5.57 Å². The van der Waals surface area contributed by atoms with Crippen molar-refractivity contribution in [3.8, 4) is 0 Å². The second-order valence-corrected chi connectivity index (χ2v) is 5.81. The van der Waals surface area contributed by atoms with Crippen molar-refractivity contribution < 1.29 is 19.1 Å². The van der Waals surface area contributed by atoms with Crippen LogP contribution in [-0.4, -0.2) is 24.3 Å². The zero-order valence-corrected chi connectivity index (χ0v) is 13.2. The third kappa shape index (κ3) is 2.80. The highest BCUT2D eigenvalue weighted by atomic mass is 16.5. The number of amides is 1. The van der Waals surface area contributed by atoms with E-state index in [1.165, 1.54) is 6.92 Å². The maximum Gasteiger partial charge on any atom is 0.303 e. The number of allylic oxidation sites excluding steroid dienone is 4. The van der Waals surface area contributed by atoms with E-state index in [0.29, 0.717) is 12.1 Å². The third-order valence-electron chi connectivity index (χ3n) is 4.18. The Morgan fingerprint density at radius 2 is 1.92 bits per heavy atom. The second kappa shape index (κ2) is 6.28. The van der Waals surface area contributed by atoms with Gasteiger partial charge in [-0.2, -0.15) is 0 Å². The van der Waals surface area contributed by atoms with Gasteiger partial charge in [-0.05, 0) is 17.7 Å². The van der Waals surface area contributed by atoms with Crippen molar-refractivity contribution in [2.24, 2.45) is 5.41 Å². The molecule has 0 aromatic heterocycles. The van der Waals surface area contributed by atoms with E-state index in [-0.39, 0.29) is 18.2 Å². The van der Waals surface area contributed by atoms with Gasteiger partial charge in [0.2, 0.25) is 6.41 Å². The van der Waals surface area contributed by atoms with Gasteiger partial charge in [-0.3, -0.25) is 14.4 Å². The molecule has 0 saturated heterocycles. The molecule has 1 N–H and O–H groups in total. The Labute approximate surface area is 139 Å². The molecule has 0 unspecified atom stereocenters. The Kier molecular flexibility index (Phi) is 4.16. The Hall–Kier alpha value is -2.95. The quantitative estimate of drug-likeness (QED) is 0.523. The van der Waals surface area contributed by atoms with E-state index in [0.717, 1.165) is 11.1 Å². The Morgan fingerprint density at radius 1 is 1.25 bits per heavy atom. The number of ether oxygens (including phenoxy) is 1. The Bertz CT molecular complexity index is 760. The molecule has 0 saturated carbocycles. The summed E-state index contributed by atoms with van der Waals surface area (Å²) >= 11 is 0. The molecule has 0 atom stereocenters. The molecule has 1 aromatic carbocycles. The number of benzene rings is 1. The Morgan fingerprint density at radius 3 is 2.50 bits per heavy atom. The fourth-order valence-corrected chi connectivity index (χ4v) is 3.25. The molecule has 2 aliphatic rings. The van der Waals surface area contributed by atoms with Gasteiger partial charge in [-0.1, -0.05) is 42.5 Å². The number of nitrogens with one attached hydrogen (secondary N) is 1. The standard InChI is InChI=1S/C19H17NO4/c1-13(22)24-15-7-9-19(10-8-15)11-16(23)18(20-12-21)17(19)14-5-3-2-4-6-14/h2-10,12,15H,11H2,1H3,(H,20,21). The average Bonchev–Trinajstić information content (AvgIpc) is 2.83. The predicted octanol–water partition coefficient (Wildman–Crippen LogP) is 2.16. The van der Waals surface area contributed by atoms with Gasteiger partial charge in [0.05, 0.1) is 5.70 Å². The monoisotopic (exact) mass is 323 g/mol. The molecule has 0 bridgehead atoms. The van der Waals surface area contributed by atoms with Gasteiger partial charge >= 0.3 is 5.97 Å². The van der Waals surface area contributed by atoms with E-state index in [2.05, 4.69) is 5.32 Å². The first-order chi connectivity index (χ1) is 11.6. The largest absolute Gasteiger partial charge is 0.454 e. The highest BCUT2D eigenvalue weighted by Crippen LogP contribution is 2.49. The van der Waals surface area contributed by atoms with E-state index in [9.17, 15) is 14.4 Å². The number of carbonyl (C=O) groups is 3. The summed E-state index contributed by atoms with van der Waals surface area (Å²) in [5.74, 6) is -0.490. The SMILES string of the molecule is CC(=O)OC1C=CC2(C=C1)CC(=O)C(NC=O)=C2c1ccccc1. The number of Topliss-reactive ketones (excluding diaryl/α,β-unsaturated/α-hetero) is 1. The first-order valence-corrected chi connectivity index (χ1v) is 7.65. The zero-order valence-electron chi connectivity index (χ0n) is 13.2. The van der Waals surface area contributed by atoms with Gasteiger partial charge in [0.25, 0.3) is 0 Å². The molecular formula is C19H17NO4. The van der Waals surface area contributed by atoms with Crippen molar-refractivity contribution in [1.29, 1.82) is 0 Å².